The van der Waals surface area contributed by atoms with E-state index in [4.69, 9.17) is 10.2 Å². The molecule has 0 radical (unpaired) electrons. The summed E-state index contributed by atoms with van der Waals surface area (Å²) >= 11 is 0. The van der Waals surface area contributed by atoms with Gasteiger partial charge in [-0.2, -0.15) is 0 Å². The molecule has 0 aliphatic heterocycles. The van der Waals surface area contributed by atoms with E-state index in [9.17, 15) is 9.59 Å². The summed E-state index contributed by atoms with van der Waals surface area (Å²) in [7, 11) is 0. The first-order valence-corrected chi connectivity index (χ1v) is 9.33. The van der Waals surface area contributed by atoms with Crippen LogP contribution in [0.15, 0.2) is 24.3 Å². The van der Waals surface area contributed by atoms with Gasteiger partial charge in [0.05, 0.1) is 5.92 Å². The number of rotatable bonds is 16. The van der Waals surface area contributed by atoms with Crippen molar-refractivity contribution in [3.05, 3.63) is 24.3 Å². The monoisotopic (exact) mass is 338 g/mol. The molecule has 24 heavy (non-hydrogen) atoms. The second-order valence-corrected chi connectivity index (χ2v) is 6.48. The molecule has 138 valence electrons. The zero-order chi connectivity index (χ0) is 18.0. The Hall–Kier alpha value is -1.58. The van der Waals surface area contributed by atoms with Crippen molar-refractivity contribution in [3.63, 3.8) is 0 Å². The first-order valence-electron chi connectivity index (χ1n) is 9.33. The summed E-state index contributed by atoms with van der Waals surface area (Å²) in [5.41, 5.74) is 0. The molecule has 0 bridgehead atoms. The van der Waals surface area contributed by atoms with Crippen molar-refractivity contribution in [2.45, 2.75) is 84.0 Å². The van der Waals surface area contributed by atoms with Gasteiger partial charge in [-0.1, -0.05) is 82.9 Å². The highest BCUT2D eigenvalue weighted by atomic mass is 16.4. The number of aliphatic carboxylic acids is 2. The van der Waals surface area contributed by atoms with Crippen molar-refractivity contribution in [1.82, 2.24) is 0 Å². The van der Waals surface area contributed by atoms with Crippen molar-refractivity contribution >= 4 is 11.9 Å². The minimum absolute atomic E-state index is 0.201. The lowest BCUT2D eigenvalue weighted by Gasteiger charge is -2.05. The third-order valence-corrected chi connectivity index (χ3v) is 4.17. The van der Waals surface area contributed by atoms with Gasteiger partial charge < -0.3 is 10.2 Å². The Kier molecular flexibility index (Phi) is 15.2. The number of carbonyl (C=O) groups is 2. The molecule has 0 rings (SSSR count). The van der Waals surface area contributed by atoms with Crippen LogP contribution in [0.3, 0.4) is 0 Å². The molecule has 0 aromatic rings. The van der Waals surface area contributed by atoms with Gasteiger partial charge >= 0.3 is 11.9 Å². The molecule has 2 N–H and O–H groups in total. The fraction of sp³-hybridized carbons (Fsp3) is 0.700. The maximum Gasteiger partial charge on any atom is 0.328 e. The normalized spacial score (nSPS) is 12.9. The number of hydrogen-bond acceptors (Lipinski definition) is 2. The largest absolute Gasteiger partial charge is 0.481 e. The molecule has 0 aromatic heterocycles. The molecule has 4 heteroatoms. The summed E-state index contributed by atoms with van der Waals surface area (Å²) in [5, 5.41) is 17.2. The summed E-state index contributed by atoms with van der Waals surface area (Å²) in [4.78, 5) is 20.9. The van der Waals surface area contributed by atoms with Crippen LogP contribution in [0.5, 0.6) is 0 Å². The quantitative estimate of drug-likeness (QED) is 0.219. The topological polar surface area (TPSA) is 74.6 Å². The van der Waals surface area contributed by atoms with Gasteiger partial charge in [-0.3, -0.25) is 4.79 Å². The molecule has 0 fully saturated rings. The highest BCUT2D eigenvalue weighted by molar-refractivity contribution is 5.80. The molecule has 0 aromatic carbocycles. The number of carboxylic acid groups (broad SMARTS) is 2. The van der Waals surface area contributed by atoms with Crippen LogP contribution in [0.2, 0.25) is 0 Å². The summed E-state index contributed by atoms with van der Waals surface area (Å²) in [6.45, 7) is 1.78. The molecule has 1 atom stereocenters. The van der Waals surface area contributed by atoms with E-state index < -0.39 is 11.9 Å². The molecular formula is C20H34O4. The van der Waals surface area contributed by atoms with Gasteiger partial charge in [-0.05, 0) is 19.3 Å². The van der Waals surface area contributed by atoms with E-state index in [0.717, 1.165) is 31.8 Å². The third kappa shape index (κ3) is 16.8. The molecule has 0 spiro atoms. The van der Waals surface area contributed by atoms with Gasteiger partial charge in [0.2, 0.25) is 0 Å². The van der Waals surface area contributed by atoms with Crippen LogP contribution in [-0.2, 0) is 9.59 Å². The number of carboxylic acids is 2. The predicted molar refractivity (Wildman–Crippen MR) is 98.1 cm³/mol. The Morgan fingerprint density at radius 2 is 1.29 bits per heavy atom. The Morgan fingerprint density at radius 1 is 0.792 bits per heavy atom. The van der Waals surface area contributed by atoms with Gasteiger partial charge in [0.15, 0.2) is 0 Å². The van der Waals surface area contributed by atoms with Crippen molar-refractivity contribution in [1.29, 1.82) is 0 Å². The maximum absolute atomic E-state index is 10.7. The molecule has 0 saturated carbocycles. The lowest BCUT2D eigenvalue weighted by Crippen LogP contribution is -2.08. The molecule has 0 heterocycles. The van der Waals surface area contributed by atoms with Crippen molar-refractivity contribution < 1.29 is 19.8 Å². The minimum Gasteiger partial charge on any atom is -0.481 e. The number of unbranched alkanes of at least 4 members (excludes halogenated alkanes) is 10. The summed E-state index contributed by atoms with van der Waals surface area (Å²) in [5.74, 6) is -1.79. The highest BCUT2D eigenvalue weighted by Crippen LogP contribution is 2.14. The van der Waals surface area contributed by atoms with Gasteiger partial charge in [0.25, 0.3) is 0 Å². The van der Waals surface area contributed by atoms with Crippen molar-refractivity contribution in [2.75, 3.05) is 0 Å². The molecule has 0 aliphatic rings. The second kappa shape index (κ2) is 16.3. The zero-order valence-corrected chi connectivity index (χ0v) is 15.1. The van der Waals surface area contributed by atoms with Gasteiger partial charge in [-0.25, -0.2) is 4.79 Å². The van der Waals surface area contributed by atoms with E-state index in [2.05, 4.69) is 0 Å². The highest BCUT2D eigenvalue weighted by Gasteiger charge is 2.09. The van der Waals surface area contributed by atoms with Crippen LogP contribution < -0.4 is 0 Å². The van der Waals surface area contributed by atoms with Crippen LogP contribution in [-0.4, -0.2) is 22.2 Å². The second-order valence-electron chi connectivity index (χ2n) is 6.48. The zero-order valence-electron chi connectivity index (χ0n) is 15.1. The van der Waals surface area contributed by atoms with Crippen molar-refractivity contribution in [2.24, 2.45) is 5.92 Å². The summed E-state index contributed by atoms with van der Waals surface area (Å²) < 4.78 is 0. The lowest BCUT2D eigenvalue weighted by atomic mass is 10.0. The Balaban J connectivity index is 3.20. The Labute approximate surface area is 146 Å². The number of hydrogen-bond donors (Lipinski definition) is 2. The van der Waals surface area contributed by atoms with Gasteiger partial charge in [0, 0.05) is 6.08 Å². The maximum atomic E-state index is 10.7. The fourth-order valence-corrected chi connectivity index (χ4v) is 2.56. The smallest absolute Gasteiger partial charge is 0.328 e. The Morgan fingerprint density at radius 3 is 1.79 bits per heavy atom. The van der Waals surface area contributed by atoms with Gasteiger partial charge in [0.1, 0.15) is 0 Å². The molecule has 0 amide bonds. The number of allylic oxidation sites excluding steroid dienone is 3. The van der Waals surface area contributed by atoms with Crippen LogP contribution in [0.1, 0.15) is 84.0 Å². The van der Waals surface area contributed by atoms with E-state index in [0.29, 0.717) is 0 Å². The first kappa shape index (κ1) is 22.4. The van der Waals surface area contributed by atoms with E-state index in [1.807, 2.05) is 6.08 Å². The van der Waals surface area contributed by atoms with Crippen LogP contribution >= 0.6 is 0 Å². The van der Waals surface area contributed by atoms with Crippen molar-refractivity contribution in [3.8, 4) is 0 Å². The first-order chi connectivity index (χ1) is 11.5. The third-order valence-electron chi connectivity index (χ3n) is 4.17. The predicted octanol–water partition coefficient (Wildman–Crippen LogP) is 5.59. The molecule has 4 nitrogen and oxygen atoms in total. The Bertz CT molecular complexity index is 385. The molecule has 0 saturated heterocycles. The van der Waals surface area contributed by atoms with E-state index >= 15 is 0 Å². The van der Waals surface area contributed by atoms with E-state index in [-0.39, 0.29) is 5.92 Å². The summed E-state index contributed by atoms with van der Waals surface area (Å²) in [6, 6.07) is 0. The fourth-order valence-electron chi connectivity index (χ4n) is 2.56. The standard InChI is InChI=1S/C20H34O4/c1-18(20(23)24)16-14-12-10-8-6-4-2-3-5-7-9-11-13-15-17-19(21)22/h11,13,15,17-18H,2-10,12,14,16H2,1H3,(H,21,22)(H,23,24). The molecule has 1 unspecified atom stereocenters. The average Bonchev–Trinajstić information content (AvgIpc) is 2.53. The summed E-state index contributed by atoms with van der Waals surface area (Å²) in [6.07, 6.45) is 20.5. The van der Waals surface area contributed by atoms with Crippen LogP contribution in [0, 0.1) is 5.92 Å². The average molecular weight is 338 g/mol. The lowest BCUT2D eigenvalue weighted by molar-refractivity contribution is -0.141. The van der Waals surface area contributed by atoms with Crippen LogP contribution in [0.4, 0.5) is 0 Å². The van der Waals surface area contributed by atoms with Gasteiger partial charge in [-0.15, -0.1) is 0 Å². The SMILES string of the molecule is CC(CCCCCCCCCCCCC=CC=CC(=O)O)C(=O)O. The minimum atomic E-state index is -0.908. The molecule has 0 aliphatic carbocycles. The van der Waals surface area contributed by atoms with E-state index in [1.54, 1.807) is 19.1 Å². The molecular weight excluding hydrogens is 304 g/mol. The van der Waals surface area contributed by atoms with Crippen LogP contribution in [0.25, 0.3) is 0 Å². The van der Waals surface area contributed by atoms with E-state index in [1.165, 1.54) is 51.4 Å².